The van der Waals surface area contributed by atoms with E-state index in [2.05, 4.69) is 0 Å². The van der Waals surface area contributed by atoms with Gasteiger partial charge in [0.2, 0.25) is 0 Å². The Morgan fingerprint density at radius 1 is 0.750 bits per heavy atom. The van der Waals surface area contributed by atoms with Crippen molar-refractivity contribution in [2.45, 2.75) is 72.0 Å². The molecule has 138 valence electrons. The summed E-state index contributed by atoms with van der Waals surface area (Å²) in [5.41, 5.74) is -4.18. The standard InChI is InChI=1S/C16H26O8/c1-14(2,3)23-12(21)16(9-11(19)20,8-7-10(17)18)13(22)24-15(4,5)6/h7-9H2,1-6H3,(H,17,18)(H,19,20). The average Bonchev–Trinajstić information content (AvgIpc) is 2.29. The molecule has 0 aliphatic heterocycles. The lowest BCUT2D eigenvalue weighted by Gasteiger charge is -2.33. The minimum Gasteiger partial charge on any atom is -0.481 e. The largest absolute Gasteiger partial charge is 0.481 e. The van der Waals surface area contributed by atoms with Crippen LogP contribution in [0.5, 0.6) is 0 Å². The van der Waals surface area contributed by atoms with E-state index in [4.69, 9.17) is 19.7 Å². The molecular formula is C16H26O8. The smallest absolute Gasteiger partial charge is 0.324 e. The third-order valence-corrected chi connectivity index (χ3v) is 2.80. The Balaban J connectivity index is 5.92. The summed E-state index contributed by atoms with van der Waals surface area (Å²) < 4.78 is 10.4. The molecule has 2 N–H and O–H groups in total. The molecule has 0 atom stereocenters. The molecule has 0 bridgehead atoms. The second-order valence-electron chi connectivity index (χ2n) is 7.55. The molecule has 0 heterocycles. The molecule has 0 aromatic heterocycles. The summed E-state index contributed by atoms with van der Waals surface area (Å²) in [6.45, 7) is 9.35. The van der Waals surface area contributed by atoms with E-state index in [0.717, 1.165) is 0 Å². The van der Waals surface area contributed by atoms with Gasteiger partial charge < -0.3 is 19.7 Å². The van der Waals surface area contributed by atoms with Crippen LogP contribution in [0.2, 0.25) is 0 Å². The molecule has 8 heteroatoms. The van der Waals surface area contributed by atoms with Gasteiger partial charge in [0.15, 0.2) is 5.41 Å². The van der Waals surface area contributed by atoms with Crippen LogP contribution < -0.4 is 0 Å². The Bertz CT molecular complexity index is 479. The third kappa shape index (κ3) is 7.43. The zero-order valence-electron chi connectivity index (χ0n) is 15.0. The van der Waals surface area contributed by atoms with Crippen LogP contribution in [0.1, 0.15) is 60.8 Å². The maximum atomic E-state index is 12.6. The highest BCUT2D eigenvalue weighted by Crippen LogP contribution is 2.35. The van der Waals surface area contributed by atoms with Crippen molar-refractivity contribution in [3.05, 3.63) is 0 Å². The van der Waals surface area contributed by atoms with Crippen molar-refractivity contribution in [3.8, 4) is 0 Å². The molecule has 0 aliphatic rings. The molecule has 24 heavy (non-hydrogen) atoms. The predicted octanol–water partition coefficient (Wildman–Crippen LogP) is 2.00. The lowest BCUT2D eigenvalue weighted by molar-refractivity contribution is -0.189. The Labute approximate surface area is 141 Å². The summed E-state index contributed by atoms with van der Waals surface area (Å²) in [5.74, 6) is -4.91. The molecule has 0 fully saturated rings. The molecule has 0 aromatic carbocycles. The normalized spacial score (nSPS) is 12.4. The minimum atomic E-state index is -2.22. The number of carboxylic acid groups (broad SMARTS) is 2. The molecule has 0 rings (SSSR count). The number of rotatable bonds is 7. The Kier molecular flexibility index (Phi) is 6.96. The second-order valence-corrected chi connectivity index (χ2v) is 7.55. The molecule has 0 radical (unpaired) electrons. The first kappa shape index (κ1) is 21.9. The van der Waals surface area contributed by atoms with Gasteiger partial charge in [-0.1, -0.05) is 0 Å². The van der Waals surface area contributed by atoms with Crippen LogP contribution in [-0.4, -0.2) is 45.3 Å². The van der Waals surface area contributed by atoms with Crippen LogP contribution >= 0.6 is 0 Å². The van der Waals surface area contributed by atoms with Gasteiger partial charge in [0.1, 0.15) is 11.2 Å². The van der Waals surface area contributed by atoms with Gasteiger partial charge in [0.25, 0.3) is 0 Å². The summed E-state index contributed by atoms with van der Waals surface area (Å²) in [4.78, 5) is 47.3. The topological polar surface area (TPSA) is 127 Å². The first-order chi connectivity index (χ1) is 10.6. The van der Waals surface area contributed by atoms with Crippen molar-refractivity contribution in [1.29, 1.82) is 0 Å². The van der Waals surface area contributed by atoms with Crippen LogP contribution in [0.15, 0.2) is 0 Å². The fourth-order valence-corrected chi connectivity index (χ4v) is 1.85. The van der Waals surface area contributed by atoms with E-state index in [0.29, 0.717) is 0 Å². The van der Waals surface area contributed by atoms with E-state index in [-0.39, 0.29) is 0 Å². The lowest BCUT2D eigenvalue weighted by atomic mass is 9.79. The van der Waals surface area contributed by atoms with E-state index < -0.39 is 59.8 Å². The summed E-state index contributed by atoms with van der Waals surface area (Å²) in [7, 11) is 0. The van der Waals surface area contributed by atoms with Crippen LogP contribution in [0, 0.1) is 5.41 Å². The average molecular weight is 346 g/mol. The SMILES string of the molecule is CC(C)(C)OC(=O)C(CCC(=O)O)(CC(=O)O)C(=O)OC(C)(C)C. The number of esters is 2. The molecule has 0 aromatic rings. The number of ether oxygens (including phenoxy) is 2. The fourth-order valence-electron chi connectivity index (χ4n) is 1.85. The Hall–Kier alpha value is -2.12. The molecule has 0 aliphatic carbocycles. The number of aliphatic carboxylic acids is 2. The molecule has 0 saturated heterocycles. The van der Waals surface area contributed by atoms with Crippen molar-refractivity contribution < 1.29 is 38.9 Å². The summed E-state index contributed by atoms with van der Waals surface area (Å²) in [5, 5.41) is 18.0. The van der Waals surface area contributed by atoms with E-state index >= 15 is 0 Å². The third-order valence-electron chi connectivity index (χ3n) is 2.80. The molecular weight excluding hydrogens is 320 g/mol. The van der Waals surface area contributed by atoms with Gasteiger partial charge in [0.05, 0.1) is 6.42 Å². The summed E-state index contributed by atoms with van der Waals surface area (Å²) in [6, 6.07) is 0. The fraction of sp³-hybridized carbons (Fsp3) is 0.750. The maximum absolute atomic E-state index is 12.6. The van der Waals surface area contributed by atoms with Gasteiger partial charge in [-0.25, -0.2) is 0 Å². The van der Waals surface area contributed by atoms with Gasteiger partial charge in [0, 0.05) is 6.42 Å². The molecule has 0 unspecified atom stereocenters. The van der Waals surface area contributed by atoms with E-state index in [1.165, 1.54) is 0 Å². The van der Waals surface area contributed by atoms with Gasteiger partial charge in [-0.05, 0) is 48.0 Å². The Morgan fingerprint density at radius 2 is 1.12 bits per heavy atom. The van der Waals surface area contributed by atoms with Gasteiger partial charge in [-0.15, -0.1) is 0 Å². The Morgan fingerprint density at radius 3 is 1.38 bits per heavy atom. The number of carbonyl (C=O) groups excluding carboxylic acids is 2. The lowest BCUT2D eigenvalue weighted by Crippen LogP contribution is -2.48. The van der Waals surface area contributed by atoms with Gasteiger partial charge >= 0.3 is 23.9 Å². The monoisotopic (exact) mass is 346 g/mol. The molecule has 0 amide bonds. The molecule has 0 spiro atoms. The number of carboxylic acids is 2. The summed E-state index contributed by atoms with van der Waals surface area (Å²) >= 11 is 0. The van der Waals surface area contributed by atoms with Crippen LogP contribution in [0.3, 0.4) is 0 Å². The van der Waals surface area contributed by atoms with Crippen LogP contribution in [-0.2, 0) is 28.7 Å². The van der Waals surface area contributed by atoms with Crippen LogP contribution in [0.25, 0.3) is 0 Å². The predicted molar refractivity (Wildman–Crippen MR) is 83.2 cm³/mol. The van der Waals surface area contributed by atoms with Crippen molar-refractivity contribution in [3.63, 3.8) is 0 Å². The highest BCUT2D eigenvalue weighted by Gasteiger charge is 2.52. The van der Waals surface area contributed by atoms with E-state index in [9.17, 15) is 19.2 Å². The van der Waals surface area contributed by atoms with Crippen LogP contribution in [0.4, 0.5) is 0 Å². The van der Waals surface area contributed by atoms with Crippen molar-refractivity contribution in [2.24, 2.45) is 5.41 Å². The van der Waals surface area contributed by atoms with Crippen molar-refractivity contribution in [2.75, 3.05) is 0 Å². The minimum absolute atomic E-state index is 0.529. The van der Waals surface area contributed by atoms with Crippen molar-refractivity contribution in [1.82, 2.24) is 0 Å². The summed E-state index contributed by atoms with van der Waals surface area (Å²) in [6.07, 6.45) is -2.02. The molecule has 8 nitrogen and oxygen atoms in total. The second kappa shape index (κ2) is 7.63. The highest BCUT2D eigenvalue weighted by molar-refractivity contribution is 6.03. The highest BCUT2D eigenvalue weighted by atomic mass is 16.6. The van der Waals surface area contributed by atoms with E-state index in [1.54, 1.807) is 41.5 Å². The van der Waals surface area contributed by atoms with Crippen molar-refractivity contribution >= 4 is 23.9 Å². The first-order valence-corrected chi connectivity index (χ1v) is 7.49. The van der Waals surface area contributed by atoms with E-state index in [1.807, 2.05) is 0 Å². The number of hydrogen-bond acceptors (Lipinski definition) is 6. The zero-order valence-corrected chi connectivity index (χ0v) is 15.0. The first-order valence-electron chi connectivity index (χ1n) is 7.49. The quantitative estimate of drug-likeness (QED) is 0.529. The molecule has 0 saturated carbocycles. The van der Waals surface area contributed by atoms with Gasteiger partial charge in [-0.2, -0.15) is 0 Å². The maximum Gasteiger partial charge on any atom is 0.324 e. The van der Waals surface area contributed by atoms with Gasteiger partial charge in [-0.3, -0.25) is 19.2 Å². The number of carbonyl (C=O) groups is 4. The zero-order chi connectivity index (χ0) is 19.3. The number of hydrogen-bond donors (Lipinski definition) is 2.